The topological polar surface area (TPSA) is 78.9 Å². The van der Waals surface area contributed by atoms with Gasteiger partial charge in [-0.15, -0.1) is 0 Å². The molecule has 428 valence electrons. The average Bonchev–Trinajstić information content (AvgIpc) is 3.41. The lowest BCUT2D eigenvalue weighted by Crippen LogP contribution is -2.30. The van der Waals surface area contributed by atoms with Crippen LogP contribution in [-0.2, 0) is 28.6 Å². The van der Waals surface area contributed by atoms with E-state index in [1.165, 1.54) is 116 Å². The van der Waals surface area contributed by atoms with Crippen molar-refractivity contribution in [3.63, 3.8) is 0 Å². The van der Waals surface area contributed by atoms with E-state index in [4.69, 9.17) is 14.2 Å². The molecule has 0 fully saturated rings. The molecule has 6 heteroatoms. The van der Waals surface area contributed by atoms with Crippen LogP contribution < -0.4 is 0 Å². The Balaban J connectivity index is 4.32. The Kier molecular flexibility index (Phi) is 59.3. The summed E-state index contributed by atoms with van der Waals surface area (Å²) in [6.45, 7) is 6.49. The van der Waals surface area contributed by atoms with Crippen molar-refractivity contribution in [1.82, 2.24) is 0 Å². The van der Waals surface area contributed by atoms with Gasteiger partial charge in [-0.05, 0) is 109 Å². The van der Waals surface area contributed by atoms with Gasteiger partial charge >= 0.3 is 17.9 Å². The third kappa shape index (κ3) is 60.8. The highest BCUT2D eigenvalue weighted by molar-refractivity contribution is 5.71. The molecule has 0 rings (SSSR count). The molecular formula is C69H116O6. The first-order valence-corrected chi connectivity index (χ1v) is 31.4. The molecule has 0 aromatic heterocycles. The van der Waals surface area contributed by atoms with Gasteiger partial charge < -0.3 is 14.2 Å². The SMILES string of the molecule is CC/C=C\C/C=C\C/C=C\C/C=C\C/C=C\C/C=C\C/C=C\CCCCCCCCCC(=O)OCC(COC(=O)CCCCCCCCCCCCCCC)OC(=O)CCCCCCC/C=C\C/C=C\CCCCC. The summed E-state index contributed by atoms with van der Waals surface area (Å²) in [6.07, 6.45) is 85.1. The van der Waals surface area contributed by atoms with Gasteiger partial charge in [-0.3, -0.25) is 14.4 Å². The van der Waals surface area contributed by atoms with Gasteiger partial charge in [-0.2, -0.15) is 0 Å². The molecule has 0 aliphatic heterocycles. The molecule has 1 unspecified atom stereocenters. The molecule has 1 atom stereocenters. The van der Waals surface area contributed by atoms with Gasteiger partial charge in [-0.25, -0.2) is 0 Å². The van der Waals surface area contributed by atoms with E-state index in [1.54, 1.807) is 0 Å². The Morgan fingerprint density at radius 1 is 0.280 bits per heavy atom. The van der Waals surface area contributed by atoms with Crippen molar-refractivity contribution in [2.75, 3.05) is 13.2 Å². The van der Waals surface area contributed by atoms with Crippen LogP contribution in [0.4, 0.5) is 0 Å². The second-order valence-electron chi connectivity index (χ2n) is 20.6. The van der Waals surface area contributed by atoms with Gasteiger partial charge in [-0.1, -0.05) is 271 Å². The molecule has 0 radical (unpaired) electrons. The first-order chi connectivity index (χ1) is 37.0. The minimum Gasteiger partial charge on any atom is -0.462 e. The molecule has 0 bridgehead atoms. The number of carbonyl (C=O) groups excluding carboxylic acids is 3. The fourth-order valence-electron chi connectivity index (χ4n) is 8.57. The number of allylic oxidation sites excluding steroid dienone is 18. The molecule has 0 aromatic rings. The lowest BCUT2D eigenvalue weighted by molar-refractivity contribution is -0.167. The smallest absolute Gasteiger partial charge is 0.306 e. The van der Waals surface area contributed by atoms with E-state index in [0.29, 0.717) is 19.3 Å². The lowest BCUT2D eigenvalue weighted by Gasteiger charge is -2.18. The second kappa shape index (κ2) is 62.6. The normalized spacial score (nSPS) is 12.8. The highest BCUT2D eigenvalue weighted by Crippen LogP contribution is 2.15. The maximum atomic E-state index is 12.9. The van der Waals surface area contributed by atoms with Gasteiger partial charge in [0.2, 0.25) is 0 Å². The van der Waals surface area contributed by atoms with Crippen molar-refractivity contribution in [2.24, 2.45) is 0 Å². The predicted molar refractivity (Wildman–Crippen MR) is 325 cm³/mol. The largest absolute Gasteiger partial charge is 0.462 e. The summed E-state index contributed by atoms with van der Waals surface area (Å²) >= 11 is 0. The summed E-state index contributed by atoms with van der Waals surface area (Å²) in [5.41, 5.74) is 0. The Morgan fingerprint density at radius 3 is 0.840 bits per heavy atom. The van der Waals surface area contributed by atoms with E-state index in [9.17, 15) is 14.4 Å². The first-order valence-electron chi connectivity index (χ1n) is 31.4. The van der Waals surface area contributed by atoms with Crippen LogP contribution in [0, 0.1) is 0 Å². The number of carbonyl (C=O) groups is 3. The number of unbranched alkanes of at least 4 members (excludes halogenated alkanes) is 27. The fourth-order valence-corrected chi connectivity index (χ4v) is 8.57. The minimum absolute atomic E-state index is 0.0856. The van der Waals surface area contributed by atoms with E-state index < -0.39 is 6.10 Å². The zero-order valence-electron chi connectivity index (χ0n) is 49.0. The predicted octanol–water partition coefficient (Wildman–Crippen LogP) is 21.4. The molecule has 0 saturated carbocycles. The number of ether oxygens (including phenoxy) is 3. The molecule has 0 aliphatic rings. The number of esters is 3. The molecular weight excluding hydrogens is 925 g/mol. The molecule has 6 nitrogen and oxygen atoms in total. The maximum Gasteiger partial charge on any atom is 0.306 e. The molecule has 0 spiro atoms. The molecule has 0 saturated heterocycles. The molecule has 0 amide bonds. The van der Waals surface area contributed by atoms with Crippen LogP contribution in [0.2, 0.25) is 0 Å². The van der Waals surface area contributed by atoms with E-state index in [1.807, 2.05) is 0 Å². The summed E-state index contributed by atoms with van der Waals surface area (Å²) in [4.78, 5) is 38.2. The summed E-state index contributed by atoms with van der Waals surface area (Å²) in [7, 11) is 0. The Labute approximate surface area is 463 Å². The quantitative estimate of drug-likeness (QED) is 0.0261. The van der Waals surface area contributed by atoms with Gasteiger partial charge in [0.1, 0.15) is 13.2 Å². The Morgan fingerprint density at radius 2 is 0.520 bits per heavy atom. The molecule has 75 heavy (non-hydrogen) atoms. The van der Waals surface area contributed by atoms with Crippen LogP contribution in [0.1, 0.15) is 290 Å². The Hall–Kier alpha value is -3.93. The van der Waals surface area contributed by atoms with Crippen molar-refractivity contribution in [3.8, 4) is 0 Å². The third-order valence-electron chi connectivity index (χ3n) is 13.3. The van der Waals surface area contributed by atoms with Crippen LogP contribution in [0.5, 0.6) is 0 Å². The molecule has 0 aromatic carbocycles. The van der Waals surface area contributed by atoms with Crippen molar-refractivity contribution in [3.05, 3.63) is 109 Å². The average molecular weight is 1040 g/mol. The summed E-state index contributed by atoms with van der Waals surface area (Å²) in [6, 6.07) is 0. The van der Waals surface area contributed by atoms with Crippen LogP contribution in [0.15, 0.2) is 109 Å². The monoisotopic (exact) mass is 1040 g/mol. The highest BCUT2D eigenvalue weighted by Gasteiger charge is 2.19. The van der Waals surface area contributed by atoms with E-state index in [-0.39, 0.29) is 31.1 Å². The van der Waals surface area contributed by atoms with Crippen LogP contribution in [0.25, 0.3) is 0 Å². The van der Waals surface area contributed by atoms with Crippen LogP contribution in [0.3, 0.4) is 0 Å². The van der Waals surface area contributed by atoms with Crippen molar-refractivity contribution in [1.29, 1.82) is 0 Å². The molecule has 0 aliphatic carbocycles. The zero-order valence-corrected chi connectivity index (χ0v) is 49.0. The molecule has 0 N–H and O–H groups in total. The summed E-state index contributed by atoms with van der Waals surface area (Å²) in [5.74, 6) is -0.905. The standard InChI is InChI=1S/C69H116O6/c1-4-7-10-13-16-19-22-25-27-28-29-30-31-32-33-34-35-36-37-38-39-40-42-44-47-50-53-56-59-62-68(71)74-65-66(64-73-67(70)61-58-55-52-49-46-43-24-21-18-15-12-9-6-3)75-69(72)63-60-57-54-51-48-45-41-26-23-20-17-14-11-8-5-2/h7,10,16-17,19-20,25-27,29-30,32-33,35-36,38-39,41,66H,4-6,8-9,11-15,18,21-24,28,31,34,37,40,42-65H2,1-3H3/b10-7-,19-16-,20-17-,27-25-,30-29-,33-32-,36-35-,39-38-,41-26-. The van der Waals surface area contributed by atoms with E-state index in [2.05, 4.69) is 130 Å². The summed E-state index contributed by atoms with van der Waals surface area (Å²) in [5, 5.41) is 0. The van der Waals surface area contributed by atoms with Gasteiger partial charge in [0, 0.05) is 19.3 Å². The van der Waals surface area contributed by atoms with Gasteiger partial charge in [0.25, 0.3) is 0 Å². The van der Waals surface area contributed by atoms with E-state index >= 15 is 0 Å². The number of rotatable bonds is 56. The van der Waals surface area contributed by atoms with Crippen molar-refractivity contribution >= 4 is 17.9 Å². The van der Waals surface area contributed by atoms with Crippen LogP contribution in [-0.4, -0.2) is 37.2 Å². The second-order valence-corrected chi connectivity index (χ2v) is 20.6. The highest BCUT2D eigenvalue weighted by atomic mass is 16.6. The fraction of sp³-hybridized carbons (Fsp3) is 0.696. The summed E-state index contributed by atoms with van der Waals surface area (Å²) < 4.78 is 16.9. The van der Waals surface area contributed by atoms with Crippen molar-refractivity contribution < 1.29 is 28.6 Å². The third-order valence-corrected chi connectivity index (χ3v) is 13.3. The van der Waals surface area contributed by atoms with Gasteiger partial charge in [0.05, 0.1) is 0 Å². The van der Waals surface area contributed by atoms with E-state index in [0.717, 1.165) is 135 Å². The number of hydrogen-bond donors (Lipinski definition) is 0. The zero-order chi connectivity index (χ0) is 54.3. The molecule has 0 heterocycles. The maximum absolute atomic E-state index is 12.9. The number of hydrogen-bond acceptors (Lipinski definition) is 6. The van der Waals surface area contributed by atoms with Crippen molar-refractivity contribution in [2.45, 2.75) is 297 Å². The minimum atomic E-state index is -0.790. The first kappa shape index (κ1) is 71.1. The van der Waals surface area contributed by atoms with Crippen LogP contribution >= 0.6 is 0 Å². The van der Waals surface area contributed by atoms with Gasteiger partial charge in [0.15, 0.2) is 6.10 Å². The Bertz CT molecular complexity index is 1520. The lowest BCUT2D eigenvalue weighted by atomic mass is 10.0.